The summed E-state index contributed by atoms with van der Waals surface area (Å²) in [6.45, 7) is 5.67. The molecule has 1 saturated heterocycles. The van der Waals surface area contributed by atoms with Crippen molar-refractivity contribution in [3.8, 4) is 0 Å². The zero-order valence-corrected chi connectivity index (χ0v) is 42.8. The fourth-order valence-electron chi connectivity index (χ4n) is 7.42. The average molecular weight is 969 g/mol. The first-order valence-electron chi connectivity index (χ1n) is 26.6. The van der Waals surface area contributed by atoms with Crippen LogP contribution in [0.4, 0.5) is 0 Å². The Morgan fingerprint density at radius 1 is 0.507 bits per heavy atom. The highest BCUT2D eigenvalue weighted by Gasteiger charge is 2.50. The number of carboxylic acids is 1. The minimum absolute atomic E-state index is 0.0197. The van der Waals surface area contributed by atoms with E-state index in [-0.39, 0.29) is 25.9 Å². The summed E-state index contributed by atoms with van der Waals surface area (Å²) in [4.78, 5) is 50.8. The summed E-state index contributed by atoms with van der Waals surface area (Å²) < 4.78 is 28.1. The van der Waals surface area contributed by atoms with E-state index in [1.54, 1.807) is 6.08 Å². The Bertz CT molecular complexity index is 1530. The van der Waals surface area contributed by atoms with Gasteiger partial charge in [0.05, 0.1) is 13.0 Å². The number of aliphatic hydroxyl groups excluding tert-OH is 2. The van der Waals surface area contributed by atoms with E-state index in [1.807, 2.05) is 12.2 Å². The van der Waals surface area contributed by atoms with Crippen molar-refractivity contribution < 1.29 is 58.2 Å². The summed E-state index contributed by atoms with van der Waals surface area (Å²) in [6, 6.07) is 0. The van der Waals surface area contributed by atoms with Gasteiger partial charge in [-0.1, -0.05) is 196 Å². The van der Waals surface area contributed by atoms with Gasteiger partial charge >= 0.3 is 23.9 Å². The summed E-state index contributed by atoms with van der Waals surface area (Å²) in [5, 5.41) is 31.3. The highest BCUT2D eigenvalue weighted by Crippen LogP contribution is 2.26. The number of carbonyl (C=O) groups is 4. The van der Waals surface area contributed by atoms with Crippen LogP contribution < -0.4 is 0 Å². The first kappa shape index (κ1) is 62.9. The summed E-state index contributed by atoms with van der Waals surface area (Å²) >= 11 is 0. The van der Waals surface area contributed by atoms with Crippen LogP contribution in [0.15, 0.2) is 85.1 Å². The molecule has 12 nitrogen and oxygen atoms in total. The van der Waals surface area contributed by atoms with Crippen molar-refractivity contribution >= 4 is 23.9 Å². The van der Waals surface area contributed by atoms with Crippen molar-refractivity contribution in [1.82, 2.24) is 0 Å². The largest absolute Gasteiger partial charge is 0.479 e. The number of aliphatic hydroxyl groups is 2. The molecule has 1 fully saturated rings. The molecule has 69 heavy (non-hydrogen) atoms. The lowest BCUT2D eigenvalue weighted by Crippen LogP contribution is -2.61. The first-order valence-corrected chi connectivity index (χ1v) is 26.6. The van der Waals surface area contributed by atoms with Gasteiger partial charge in [-0.2, -0.15) is 0 Å². The van der Waals surface area contributed by atoms with Crippen LogP contribution in [0.25, 0.3) is 0 Å². The molecule has 0 aliphatic carbocycles. The predicted octanol–water partition coefficient (Wildman–Crippen LogP) is 12.8. The Labute approximate surface area is 416 Å². The molecule has 0 aromatic carbocycles. The molecule has 0 aromatic heterocycles. The molecular formula is C57H92O12. The second-order valence-electron chi connectivity index (χ2n) is 17.8. The van der Waals surface area contributed by atoms with Crippen LogP contribution in [-0.4, -0.2) is 89.2 Å². The van der Waals surface area contributed by atoms with Gasteiger partial charge in [0, 0.05) is 12.8 Å². The molecule has 1 rings (SSSR count). The number of unbranched alkanes of at least 4 members (excludes halogenated alkanes) is 16. The van der Waals surface area contributed by atoms with E-state index < -0.39 is 67.3 Å². The second kappa shape index (κ2) is 45.1. The summed E-state index contributed by atoms with van der Waals surface area (Å²) in [6.07, 6.45) is 44.6. The maximum atomic E-state index is 13.1. The molecule has 6 unspecified atom stereocenters. The third-order valence-corrected chi connectivity index (χ3v) is 11.5. The number of hydrogen-bond donors (Lipinski definition) is 3. The van der Waals surface area contributed by atoms with E-state index in [0.29, 0.717) is 19.3 Å². The predicted molar refractivity (Wildman–Crippen MR) is 275 cm³/mol. The number of rotatable bonds is 43. The molecule has 0 radical (unpaired) electrons. The number of carbonyl (C=O) groups excluding carboxylic acids is 3. The van der Waals surface area contributed by atoms with Crippen LogP contribution in [-0.2, 0) is 42.9 Å². The zero-order chi connectivity index (χ0) is 50.4. The topological polar surface area (TPSA) is 175 Å². The van der Waals surface area contributed by atoms with Crippen molar-refractivity contribution in [3.63, 3.8) is 0 Å². The van der Waals surface area contributed by atoms with Gasteiger partial charge < -0.3 is 39.0 Å². The number of ether oxygens (including phenoxy) is 5. The Balaban J connectivity index is 2.80. The smallest absolute Gasteiger partial charge is 0.335 e. The second-order valence-corrected chi connectivity index (χ2v) is 17.8. The van der Waals surface area contributed by atoms with Crippen LogP contribution in [0.5, 0.6) is 0 Å². The number of hydrogen-bond acceptors (Lipinski definition) is 11. The van der Waals surface area contributed by atoms with Crippen molar-refractivity contribution in [3.05, 3.63) is 85.1 Å². The minimum Gasteiger partial charge on any atom is -0.479 e. The first-order chi connectivity index (χ1) is 33.6. The molecule has 1 aliphatic rings. The molecule has 3 N–H and O–H groups in total. The lowest BCUT2D eigenvalue weighted by molar-refractivity contribution is -0.301. The number of esters is 3. The Morgan fingerprint density at radius 2 is 0.986 bits per heavy atom. The van der Waals surface area contributed by atoms with E-state index in [4.69, 9.17) is 23.7 Å². The van der Waals surface area contributed by atoms with Crippen LogP contribution in [0.2, 0.25) is 0 Å². The minimum atomic E-state index is -1.91. The monoisotopic (exact) mass is 969 g/mol. The maximum Gasteiger partial charge on any atom is 0.335 e. The normalized spacial score (nSPS) is 19.3. The van der Waals surface area contributed by atoms with Crippen molar-refractivity contribution in [1.29, 1.82) is 0 Å². The van der Waals surface area contributed by atoms with Gasteiger partial charge in [0.2, 0.25) is 0 Å². The third-order valence-electron chi connectivity index (χ3n) is 11.5. The quantitative estimate of drug-likeness (QED) is 0.0229. The molecule has 0 saturated carbocycles. The zero-order valence-electron chi connectivity index (χ0n) is 42.8. The molecule has 0 spiro atoms. The molecule has 12 heteroatoms. The highest BCUT2D eigenvalue weighted by molar-refractivity contribution is 5.74. The summed E-state index contributed by atoms with van der Waals surface area (Å²) in [5.41, 5.74) is 0. The maximum absolute atomic E-state index is 13.1. The molecule has 392 valence electrons. The van der Waals surface area contributed by atoms with Gasteiger partial charge in [-0.25, -0.2) is 4.79 Å². The molecule has 1 aliphatic heterocycles. The molecule has 0 aromatic rings. The third kappa shape index (κ3) is 35.6. The molecule has 6 atom stereocenters. The Hall–Kier alpha value is -4.10. The molecule has 0 bridgehead atoms. The van der Waals surface area contributed by atoms with Crippen molar-refractivity contribution in [2.45, 2.75) is 237 Å². The van der Waals surface area contributed by atoms with E-state index in [1.165, 1.54) is 38.5 Å². The van der Waals surface area contributed by atoms with E-state index in [9.17, 15) is 34.5 Å². The molecule has 0 amide bonds. The van der Waals surface area contributed by atoms with Crippen molar-refractivity contribution in [2.75, 3.05) is 13.2 Å². The standard InChI is InChI=1S/C57H92O12/c1-4-7-10-13-16-19-22-24-25-27-29-31-34-37-40-43-49(58)65-46-48(67-50(59)44-41-38-35-33-30-26-23-20-17-14-11-8-5-2)47-66-57-55(53(62)52(61)54(69-57)56(63)64)68-51(60)45-42-39-36-32-28-21-18-15-12-9-6-3/h7,10-11,14,16,19-20,23-25,29,31,37,40,48,52-55,57,61-62H,4-6,8-9,12-13,15,17-18,21-22,26-28,30,32-36,38-39,41-47H2,1-3H3,(H,63,64)/b10-7-,14-11-,19-16-,23-20-,25-24-,31-29-,40-37-. The Kier molecular flexibility index (Phi) is 41.1. The summed E-state index contributed by atoms with van der Waals surface area (Å²) in [7, 11) is 0. The van der Waals surface area contributed by atoms with Crippen LogP contribution >= 0.6 is 0 Å². The highest BCUT2D eigenvalue weighted by atomic mass is 16.7. The van der Waals surface area contributed by atoms with Crippen LogP contribution in [0.3, 0.4) is 0 Å². The fraction of sp³-hybridized carbons (Fsp3) is 0.684. The van der Waals surface area contributed by atoms with E-state index in [2.05, 4.69) is 87.6 Å². The van der Waals surface area contributed by atoms with Gasteiger partial charge in [-0.3, -0.25) is 14.4 Å². The number of carboxylic acid groups (broad SMARTS) is 1. The average Bonchev–Trinajstić information content (AvgIpc) is 3.33. The van der Waals surface area contributed by atoms with Crippen molar-refractivity contribution in [2.24, 2.45) is 0 Å². The SMILES string of the molecule is CC/C=C\C/C=C\C/C=C\C/C=C\C/C=C\CC(=O)OCC(COC1OC(C(=O)O)C(O)C(O)C1OC(=O)CCCCCCCCCCCCC)OC(=O)CCCCCCC/C=C\C/C=C\CCC. The van der Waals surface area contributed by atoms with Gasteiger partial charge in [0.15, 0.2) is 24.6 Å². The molecular weight excluding hydrogens is 877 g/mol. The number of aliphatic carboxylic acids is 1. The Morgan fingerprint density at radius 3 is 1.52 bits per heavy atom. The fourth-order valence-corrected chi connectivity index (χ4v) is 7.42. The number of allylic oxidation sites excluding steroid dienone is 13. The van der Waals surface area contributed by atoms with Gasteiger partial charge in [0.1, 0.15) is 18.8 Å². The van der Waals surface area contributed by atoms with Crippen LogP contribution in [0.1, 0.15) is 201 Å². The molecule has 1 heterocycles. The van der Waals surface area contributed by atoms with Gasteiger partial charge in [-0.15, -0.1) is 0 Å². The summed E-state index contributed by atoms with van der Waals surface area (Å²) in [5.74, 6) is -3.31. The van der Waals surface area contributed by atoms with Gasteiger partial charge in [0.25, 0.3) is 0 Å². The van der Waals surface area contributed by atoms with Gasteiger partial charge in [-0.05, 0) is 70.6 Å². The van der Waals surface area contributed by atoms with Crippen LogP contribution in [0, 0.1) is 0 Å². The van der Waals surface area contributed by atoms with E-state index >= 15 is 0 Å². The lowest BCUT2D eigenvalue weighted by atomic mass is 9.98. The lowest BCUT2D eigenvalue weighted by Gasteiger charge is -2.40. The van der Waals surface area contributed by atoms with E-state index in [0.717, 1.165) is 103 Å².